The Morgan fingerprint density at radius 3 is 2.61 bits per heavy atom. The van der Waals surface area contributed by atoms with E-state index in [4.69, 9.17) is 10.5 Å². The quantitative estimate of drug-likeness (QED) is 0.683. The molecule has 0 saturated heterocycles. The summed E-state index contributed by atoms with van der Waals surface area (Å²) in [6, 6.07) is 0. The lowest BCUT2D eigenvalue weighted by atomic mass is 9.82. The molecule has 1 rings (SSSR count). The zero-order valence-electron chi connectivity index (χ0n) is 11.8. The number of hydrogen-bond donors (Lipinski definition) is 2. The molecule has 4 nitrogen and oxygen atoms in total. The number of rotatable bonds is 7. The van der Waals surface area contributed by atoms with Crippen LogP contribution in [-0.4, -0.2) is 31.2 Å². The van der Waals surface area contributed by atoms with Gasteiger partial charge in [0.2, 0.25) is 5.91 Å². The molecule has 0 atom stereocenters. The van der Waals surface area contributed by atoms with E-state index >= 15 is 0 Å². The normalized spacial score (nSPS) is 18.9. The summed E-state index contributed by atoms with van der Waals surface area (Å²) in [5, 5.41) is 2.94. The van der Waals surface area contributed by atoms with Crippen molar-refractivity contribution in [1.82, 2.24) is 5.32 Å². The minimum absolute atomic E-state index is 0.0195. The minimum atomic E-state index is -0.614. The molecule has 18 heavy (non-hydrogen) atoms. The smallest absolute Gasteiger partial charge is 0.240 e. The Balaban J connectivity index is 2.09. The highest BCUT2D eigenvalue weighted by molar-refractivity contribution is 5.86. The highest BCUT2D eigenvalue weighted by Gasteiger charge is 2.34. The second kappa shape index (κ2) is 7.74. The van der Waals surface area contributed by atoms with Crippen molar-refractivity contribution in [3.8, 4) is 0 Å². The molecule has 0 spiro atoms. The van der Waals surface area contributed by atoms with Crippen LogP contribution in [0.3, 0.4) is 0 Å². The summed E-state index contributed by atoms with van der Waals surface area (Å²) in [6.45, 7) is 6.41. The highest BCUT2D eigenvalue weighted by atomic mass is 16.5. The number of nitrogens with one attached hydrogen (secondary N) is 1. The van der Waals surface area contributed by atoms with Crippen molar-refractivity contribution in [1.29, 1.82) is 0 Å². The lowest BCUT2D eigenvalue weighted by molar-refractivity contribution is -0.127. The zero-order valence-corrected chi connectivity index (χ0v) is 11.8. The van der Waals surface area contributed by atoms with Gasteiger partial charge in [-0.25, -0.2) is 0 Å². The first-order valence-corrected chi connectivity index (χ1v) is 7.19. The van der Waals surface area contributed by atoms with Gasteiger partial charge in [-0.1, -0.05) is 33.1 Å². The van der Waals surface area contributed by atoms with Crippen molar-refractivity contribution in [2.75, 3.05) is 19.8 Å². The van der Waals surface area contributed by atoms with Gasteiger partial charge in [-0.2, -0.15) is 0 Å². The summed E-state index contributed by atoms with van der Waals surface area (Å²) < 4.78 is 5.46. The van der Waals surface area contributed by atoms with Crippen LogP contribution in [0.4, 0.5) is 0 Å². The third kappa shape index (κ3) is 5.36. The molecule has 0 radical (unpaired) electrons. The molecule has 3 N–H and O–H groups in total. The molecule has 0 bridgehead atoms. The molecule has 1 amide bonds. The molecule has 0 heterocycles. The van der Waals surface area contributed by atoms with E-state index in [1.807, 2.05) is 0 Å². The van der Waals surface area contributed by atoms with Crippen molar-refractivity contribution < 1.29 is 9.53 Å². The molecule has 4 heteroatoms. The van der Waals surface area contributed by atoms with Gasteiger partial charge in [0.15, 0.2) is 0 Å². The summed E-state index contributed by atoms with van der Waals surface area (Å²) in [5.74, 6) is 0.584. The van der Waals surface area contributed by atoms with Crippen LogP contribution in [0.1, 0.15) is 52.4 Å². The van der Waals surface area contributed by atoms with Gasteiger partial charge in [0.25, 0.3) is 0 Å². The molecule has 1 aliphatic carbocycles. The Kier molecular flexibility index (Phi) is 6.65. The molecule has 0 aromatic carbocycles. The molecule has 1 aliphatic rings. The average Bonchev–Trinajstić information content (AvgIpc) is 2.34. The number of ether oxygens (including phenoxy) is 1. The van der Waals surface area contributed by atoms with Gasteiger partial charge in [-0.05, 0) is 25.2 Å². The van der Waals surface area contributed by atoms with Gasteiger partial charge in [-0.15, -0.1) is 0 Å². The summed E-state index contributed by atoms with van der Waals surface area (Å²) in [4.78, 5) is 12.0. The number of hydrogen-bond acceptors (Lipinski definition) is 3. The molecule has 0 aliphatic heterocycles. The maximum atomic E-state index is 12.0. The predicted octanol–water partition coefficient (Wildman–Crippen LogP) is 1.83. The second-order valence-electron chi connectivity index (χ2n) is 5.80. The number of carbonyl (C=O) groups is 1. The van der Waals surface area contributed by atoms with E-state index in [2.05, 4.69) is 19.2 Å². The van der Waals surface area contributed by atoms with Crippen LogP contribution in [0.15, 0.2) is 0 Å². The third-order valence-corrected chi connectivity index (χ3v) is 3.40. The largest absolute Gasteiger partial charge is 0.381 e. The van der Waals surface area contributed by atoms with Crippen LogP contribution < -0.4 is 11.1 Å². The Bertz CT molecular complexity index is 248. The lowest BCUT2D eigenvalue weighted by Gasteiger charge is -2.31. The van der Waals surface area contributed by atoms with E-state index in [1.54, 1.807) is 0 Å². The highest BCUT2D eigenvalue weighted by Crippen LogP contribution is 2.25. The molecule has 1 saturated carbocycles. The first-order valence-electron chi connectivity index (χ1n) is 7.19. The van der Waals surface area contributed by atoms with E-state index in [9.17, 15) is 4.79 Å². The fourth-order valence-corrected chi connectivity index (χ4v) is 2.28. The number of amides is 1. The van der Waals surface area contributed by atoms with E-state index in [-0.39, 0.29) is 5.91 Å². The van der Waals surface area contributed by atoms with E-state index in [1.165, 1.54) is 6.42 Å². The van der Waals surface area contributed by atoms with Crippen molar-refractivity contribution in [3.63, 3.8) is 0 Å². The lowest BCUT2D eigenvalue weighted by Crippen LogP contribution is -2.55. The third-order valence-electron chi connectivity index (χ3n) is 3.40. The van der Waals surface area contributed by atoms with Crippen molar-refractivity contribution in [3.05, 3.63) is 0 Å². The first-order chi connectivity index (χ1) is 8.54. The van der Waals surface area contributed by atoms with Gasteiger partial charge in [0.1, 0.15) is 0 Å². The van der Waals surface area contributed by atoms with E-state index < -0.39 is 5.54 Å². The molecular formula is C14H28N2O2. The van der Waals surface area contributed by atoms with E-state index in [0.29, 0.717) is 19.1 Å². The summed E-state index contributed by atoms with van der Waals surface area (Å²) in [6.07, 6.45) is 5.85. The number of nitrogens with two attached hydrogens (primary N) is 1. The Morgan fingerprint density at radius 2 is 2.00 bits per heavy atom. The standard InChI is InChI=1S/C14H28N2O2/c1-12(2)11-18-10-6-9-16-13(17)14(15)7-4-3-5-8-14/h12H,3-11,15H2,1-2H3,(H,16,17). The Morgan fingerprint density at radius 1 is 1.33 bits per heavy atom. The van der Waals surface area contributed by atoms with Gasteiger partial charge in [0, 0.05) is 19.8 Å². The van der Waals surface area contributed by atoms with E-state index in [0.717, 1.165) is 38.7 Å². The van der Waals surface area contributed by atoms with Crippen molar-refractivity contribution in [2.45, 2.75) is 57.9 Å². The molecule has 0 aromatic rings. The van der Waals surface area contributed by atoms with Crippen LogP contribution in [0.25, 0.3) is 0 Å². The van der Waals surface area contributed by atoms with Gasteiger partial charge < -0.3 is 15.8 Å². The van der Waals surface area contributed by atoms with Crippen LogP contribution >= 0.6 is 0 Å². The van der Waals surface area contributed by atoms with Crippen LogP contribution in [-0.2, 0) is 9.53 Å². The van der Waals surface area contributed by atoms with Crippen molar-refractivity contribution in [2.24, 2.45) is 11.7 Å². The molecule has 0 aromatic heterocycles. The fourth-order valence-electron chi connectivity index (χ4n) is 2.28. The molecular weight excluding hydrogens is 228 g/mol. The topological polar surface area (TPSA) is 64.3 Å². The average molecular weight is 256 g/mol. The maximum absolute atomic E-state index is 12.0. The second-order valence-corrected chi connectivity index (χ2v) is 5.80. The maximum Gasteiger partial charge on any atom is 0.240 e. The summed E-state index contributed by atoms with van der Waals surface area (Å²) in [7, 11) is 0. The Hall–Kier alpha value is -0.610. The monoisotopic (exact) mass is 256 g/mol. The predicted molar refractivity (Wildman–Crippen MR) is 73.3 cm³/mol. The summed E-state index contributed by atoms with van der Waals surface area (Å²) in [5.41, 5.74) is 5.53. The molecule has 106 valence electrons. The van der Waals surface area contributed by atoms with Crippen LogP contribution in [0.5, 0.6) is 0 Å². The van der Waals surface area contributed by atoms with Crippen molar-refractivity contribution >= 4 is 5.91 Å². The summed E-state index contributed by atoms with van der Waals surface area (Å²) >= 11 is 0. The zero-order chi connectivity index (χ0) is 13.4. The van der Waals surface area contributed by atoms with Gasteiger partial charge in [-0.3, -0.25) is 4.79 Å². The first kappa shape index (κ1) is 15.4. The Labute approximate surface area is 111 Å². The van der Waals surface area contributed by atoms with Gasteiger partial charge in [0.05, 0.1) is 5.54 Å². The van der Waals surface area contributed by atoms with Gasteiger partial charge >= 0.3 is 0 Å². The number of carbonyl (C=O) groups excluding carboxylic acids is 1. The minimum Gasteiger partial charge on any atom is -0.381 e. The molecule has 1 fully saturated rings. The SMILES string of the molecule is CC(C)COCCCNC(=O)C1(N)CCCCC1. The van der Waals surface area contributed by atoms with Crippen LogP contribution in [0, 0.1) is 5.92 Å². The fraction of sp³-hybridized carbons (Fsp3) is 0.929. The molecule has 0 unspecified atom stereocenters. The van der Waals surface area contributed by atoms with Crippen LogP contribution in [0.2, 0.25) is 0 Å².